The van der Waals surface area contributed by atoms with Crippen molar-refractivity contribution in [1.82, 2.24) is 0 Å². The van der Waals surface area contributed by atoms with Crippen LogP contribution < -0.4 is 0 Å². The molecular formula is C9H12O3S. The minimum absolute atomic E-state index is 0.338. The van der Waals surface area contributed by atoms with E-state index in [-0.39, 0.29) is 5.92 Å². The predicted octanol–water partition coefficient (Wildman–Crippen LogP) is 2.40. The zero-order valence-electron chi connectivity index (χ0n) is 7.61. The van der Waals surface area contributed by atoms with E-state index in [2.05, 4.69) is 0 Å². The monoisotopic (exact) mass is 200 g/mol. The van der Waals surface area contributed by atoms with Gasteiger partial charge in [0, 0.05) is 5.75 Å². The molecule has 0 saturated carbocycles. The minimum Gasteiger partial charge on any atom is -0.481 e. The molecule has 0 aromatic carbocycles. The summed E-state index contributed by atoms with van der Waals surface area (Å²) in [6, 6.07) is 3.72. The minimum atomic E-state index is -0.768. The van der Waals surface area contributed by atoms with Gasteiger partial charge in [0.05, 0.1) is 5.92 Å². The average molecular weight is 200 g/mol. The molecule has 1 atom stereocenters. The summed E-state index contributed by atoms with van der Waals surface area (Å²) < 4.78 is 5.28. The zero-order valence-corrected chi connectivity index (χ0v) is 8.43. The second kappa shape index (κ2) is 4.37. The van der Waals surface area contributed by atoms with Crippen LogP contribution in [-0.2, 0) is 4.79 Å². The number of furan rings is 1. The van der Waals surface area contributed by atoms with E-state index in [1.165, 1.54) is 11.8 Å². The highest BCUT2D eigenvalue weighted by molar-refractivity contribution is 7.99. The molecule has 0 bridgehead atoms. The first-order chi connectivity index (χ1) is 6.09. The molecule has 4 heteroatoms. The fourth-order valence-corrected chi connectivity index (χ4v) is 1.68. The van der Waals surface area contributed by atoms with Gasteiger partial charge in [-0.25, -0.2) is 0 Å². The van der Waals surface area contributed by atoms with Gasteiger partial charge in [-0.1, -0.05) is 18.7 Å². The highest BCUT2D eigenvalue weighted by Crippen LogP contribution is 2.22. The van der Waals surface area contributed by atoms with Crippen LogP contribution in [0.15, 0.2) is 21.6 Å². The van der Waals surface area contributed by atoms with Crippen molar-refractivity contribution in [2.45, 2.75) is 18.9 Å². The van der Waals surface area contributed by atoms with Crippen LogP contribution in [0.4, 0.5) is 0 Å². The predicted molar refractivity (Wildman–Crippen MR) is 51.0 cm³/mol. The molecule has 1 rings (SSSR count). The van der Waals surface area contributed by atoms with E-state index in [1.54, 1.807) is 6.92 Å². The molecule has 3 nitrogen and oxygen atoms in total. The summed E-state index contributed by atoms with van der Waals surface area (Å²) in [6.07, 6.45) is 0. The lowest BCUT2D eigenvalue weighted by Gasteiger charge is -2.02. The molecule has 72 valence electrons. The molecular weight excluding hydrogens is 188 g/mol. The number of carboxylic acid groups (broad SMARTS) is 1. The molecule has 0 aliphatic carbocycles. The second-order valence-corrected chi connectivity index (χ2v) is 3.94. The molecule has 0 aliphatic rings. The molecule has 1 N–H and O–H groups in total. The largest absolute Gasteiger partial charge is 0.481 e. The first-order valence-corrected chi connectivity index (χ1v) is 5.00. The summed E-state index contributed by atoms with van der Waals surface area (Å²) in [7, 11) is 0. The van der Waals surface area contributed by atoms with Crippen LogP contribution in [0.3, 0.4) is 0 Å². The topological polar surface area (TPSA) is 50.4 Å². The Kier molecular flexibility index (Phi) is 3.42. The average Bonchev–Trinajstić information content (AvgIpc) is 2.47. The number of aliphatic carboxylic acids is 1. The van der Waals surface area contributed by atoms with Gasteiger partial charge in [-0.05, 0) is 19.1 Å². The quantitative estimate of drug-likeness (QED) is 0.758. The van der Waals surface area contributed by atoms with Gasteiger partial charge >= 0.3 is 5.97 Å². The molecule has 0 aliphatic heterocycles. The summed E-state index contributed by atoms with van der Waals surface area (Å²) in [5.74, 6) is 0.291. The lowest BCUT2D eigenvalue weighted by molar-refractivity contribution is -0.140. The Bertz CT molecular complexity index is 293. The number of carbonyl (C=O) groups is 1. The maximum Gasteiger partial charge on any atom is 0.307 e. The summed E-state index contributed by atoms with van der Waals surface area (Å²) >= 11 is 1.43. The van der Waals surface area contributed by atoms with Crippen LogP contribution in [-0.4, -0.2) is 16.8 Å². The van der Waals surface area contributed by atoms with E-state index in [1.807, 2.05) is 19.1 Å². The van der Waals surface area contributed by atoms with Gasteiger partial charge in [-0.15, -0.1) is 0 Å². The Balaban J connectivity index is 2.39. The summed E-state index contributed by atoms with van der Waals surface area (Å²) in [6.45, 7) is 3.55. The van der Waals surface area contributed by atoms with Crippen LogP contribution >= 0.6 is 11.8 Å². The number of rotatable bonds is 4. The molecule has 1 aromatic rings. The van der Waals surface area contributed by atoms with E-state index >= 15 is 0 Å². The lowest BCUT2D eigenvalue weighted by atomic mass is 10.2. The van der Waals surface area contributed by atoms with Gasteiger partial charge in [-0.3, -0.25) is 4.79 Å². The molecule has 1 aromatic heterocycles. The zero-order chi connectivity index (χ0) is 9.84. The van der Waals surface area contributed by atoms with E-state index in [4.69, 9.17) is 9.52 Å². The van der Waals surface area contributed by atoms with Crippen LogP contribution in [0.5, 0.6) is 0 Å². The Morgan fingerprint density at radius 2 is 2.38 bits per heavy atom. The van der Waals surface area contributed by atoms with Crippen molar-refractivity contribution in [2.24, 2.45) is 5.92 Å². The molecule has 0 fully saturated rings. The molecule has 0 radical (unpaired) electrons. The van der Waals surface area contributed by atoms with Crippen LogP contribution in [0.1, 0.15) is 12.7 Å². The Labute approximate surface area is 81.1 Å². The van der Waals surface area contributed by atoms with Crippen molar-refractivity contribution in [2.75, 3.05) is 5.75 Å². The smallest absolute Gasteiger partial charge is 0.307 e. The van der Waals surface area contributed by atoms with Gasteiger partial charge in [0.15, 0.2) is 5.09 Å². The summed E-state index contributed by atoms with van der Waals surface area (Å²) in [5, 5.41) is 9.40. The SMILES string of the molecule is Cc1ccc(SCC(C)C(=O)O)o1. The van der Waals surface area contributed by atoms with Crippen LogP contribution in [0.2, 0.25) is 0 Å². The standard InChI is InChI=1S/C9H12O3S/c1-6(9(10)11)5-13-8-4-3-7(2)12-8/h3-4,6H,5H2,1-2H3,(H,10,11). The first kappa shape index (κ1) is 10.2. The maximum absolute atomic E-state index is 10.5. The Hall–Kier alpha value is -0.900. The Morgan fingerprint density at radius 3 is 2.85 bits per heavy atom. The van der Waals surface area contributed by atoms with Gasteiger partial charge in [0.2, 0.25) is 0 Å². The lowest BCUT2D eigenvalue weighted by Crippen LogP contribution is -2.11. The van der Waals surface area contributed by atoms with Crippen molar-refractivity contribution < 1.29 is 14.3 Å². The third-order valence-corrected chi connectivity index (χ3v) is 2.78. The van der Waals surface area contributed by atoms with Crippen molar-refractivity contribution in [3.8, 4) is 0 Å². The molecule has 0 amide bonds. The maximum atomic E-state index is 10.5. The van der Waals surface area contributed by atoms with Gasteiger partial charge in [0.1, 0.15) is 5.76 Å². The Morgan fingerprint density at radius 1 is 1.69 bits per heavy atom. The van der Waals surface area contributed by atoms with Gasteiger partial charge in [0.25, 0.3) is 0 Å². The normalized spacial score (nSPS) is 12.8. The molecule has 0 saturated heterocycles. The van der Waals surface area contributed by atoms with Crippen LogP contribution in [0.25, 0.3) is 0 Å². The van der Waals surface area contributed by atoms with Crippen molar-refractivity contribution in [1.29, 1.82) is 0 Å². The number of carboxylic acids is 1. The molecule has 1 unspecified atom stereocenters. The fraction of sp³-hybridized carbons (Fsp3) is 0.444. The highest BCUT2D eigenvalue weighted by Gasteiger charge is 2.11. The van der Waals surface area contributed by atoms with Gasteiger partial charge < -0.3 is 9.52 Å². The number of hydrogen-bond acceptors (Lipinski definition) is 3. The van der Waals surface area contributed by atoms with E-state index in [0.29, 0.717) is 5.75 Å². The summed E-state index contributed by atoms with van der Waals surface area (Å²) in [4.78, 5) is 10.5. The van der Waals surface area contributed by atoms with Crippen LogP contribution in [0, 0.1) is 12.8 Å². The molecule has 0 spiro atoms. The fourth-order valence-electron chi connectivity index (χ4n) is 0.768. The summed E-state index contributed by atoms with van der Waals surface area (Å²) in [5.41, 5.74) is 0. The first-order valence-electron chi connectivity index (χ1n) is 4.01. The van der Waals surface area contributed by atoms with Crippen molar-refractivity contribution in [3.63, 3.8) is 0 Å². The van der Waals surface area contributed by atoms with Crippen molar-refractivity contribution >= 4 is 17.7 Å². The molecule has 13 heavy (non-hydrogen) atoms. The van der Waals surface area contributed by atoms with E-state index < -0.39 is 5.97 Å². The number of aryl methyl sites for hydroxylation is 1. The third kappa shape index (κ3) is 3.14. The van der Waals surface area contributed by atoms with E-state index in [9.17, 15) is 4.79 Å². The molecule has 1 heterocycles. The van der Waals surface area contributed by atoms with E-state index in [0.717, 1.165) is 10.9 Å². The second-order valence-electron chi connectivity index (χ2n) is 2.92. The van der Waals surface area contributed by atoms with Crippen molar-refractivity contribution in [3.05, 3.63) is 17.9 Å². The third-order valence-electron chi connectivity index (χ3n) is 1.61. The number of thioether (sulfide) groups is 1. The number of hydrogen-bond donors (Lipinski definition) is 1. The van der Waals surface area contributed by atoms with Gasteiger partial charge in [-0.2, -0.15) is 0 Å². The highest BCUT2D eigenvalue weighted by atomic mass is 32.2.